The van der Waals surface area contributed by atoms with Crippen LogP contribution in [0.25, 0.3) is 10.2 Å². The van der Waals surface area contributed by atoms with Gasteiger partial charge in [-0.1, -0.05) is 12.1 Å². The van der Waals surface area contributed by atoms with Crippen LogP contribution in [0.2, 0.25) is 0 Å². The molecule has 3 aromatic rings. The van der Waals surface area contributed by atoms with Crippen molar-refractivity contribution in [3.05, 3.63) is 53.4 Å². The van der Waals surface area contributed by atoms with E-state index >= 15 is 0 Å². The third-order valence-electron chi connectivity index (χ3n) is 5.07. The van der Waals surface area contributed by atoms with Crippen molar-refractivity contribution in [3.63, 3.8) is 0 Å². The van der Waals surface area contributed by atoms with Gasteiger partial charge in [0.15, 0.2) is 17.6 Å². The summed E-state index contributed by atoms with van der Waals surface area (Å²) in [7, 11) is 0. The molecule has 1 unspecified atom stereocenters. The van der Waals surface area contributed by atoms with Gasteiger partial charge in [0.1, 0.15) is 0 Å². The van der Waals surface area contributed by atoms with E-state index in [1.807, 2.05) is 11.0 Å². The van der Waals surface area contributed by atoms with Crippen molar-refractivity contribution < 1.29 is 4.39 Å². The average Bonchev–Trinajstić information content (AvgIpc) is 3.38. The zero-order valence-corrected chi connectivity index (χ0v) is 18.0. The molecule has 158 valence electrons. The summed E-state index contributed by atoms with van der Waals surface area (Å²) in [6.07, 6.45) is 4.44. The molecule has 1 aliphatic heterocycles. The SMILES string of the molecule is CCNC(=NCCCc1nc2ccccc2s1)NC1CCN(c2ncccc2F)C1. The van der Waals surface area contributed by atoms with E-state index in [0.29, 0.717) is 12.4 Å². The fourth-order valence-corrected chi connectivity index (χ4v) is 4.65. The van der Waals surface area contributed by atoms with Crippen LogP contribution in [0.15, 0.2) is 47.6 Å². The highest BCUT2D eigenvalue weighted by Crippen LogP contribution is 2.22. The Labute approximate surface area is 180 Å². The van der Waals surface area contributed by atoms with Gasteiger partial charge >= 0.3 is 0 Å². The highest BCUT2D eigenvalue weighted by atomic mass is 32.1. The maximum Gasteiger partial charge on any atom is 0.191 e. The summed E-state index contributed by atoms with van der Waals surface area (Å²) in [5, 5.41) is 7.96. The lowest BCUT2D eigenvalue weighted by Crippen LogP contribution is -2.44. The number of para-hydroxylation sites is 1. The number of rotatable bonds is 7. The van der Waals surface area contributed by atoms with E-state index in [2.05, 4.69) is 45.7 Å². The topological polar surface area (TPSA) is 65.4 Å². The number of hydrogen-bond donors (Lipinski definition) is 2. The van der Waals surface area contributed by atoms with Crippen molar-refractivity contribution >= 4 is 33.3 Å². The minimum Gasteiger partial charge on any atom is -0.357 e. The first kappa shape index (κ1) is 20.5. The van der Waals surface area contributed by atoms with Crippen LogP contribution in [-0.4, -0.2) is 48.1 Å². The molecule has 3 heterocycles. The van der Waals surface area contributed by atoms with Gasteiger partial charge in [-0.15, -0.1) is 11.3 Å². The second-order valence-corrected chi connectivity index (χ2v) is 8.44. The van der Waals surface area contributed by atoms with E-state index in [1.54, 1.807) is 23.6 Å². The fourth-order valence-electron chi connectivity index (χ4n) is 3.64. The molecule has 1 saturated heterocycles. The predicted octanol–water partition coefficient (Wildman–Crippen LogP) is 3.60. The average molecular weight is 427 g/mol. The number of anilines is 1. The van der Waals surface area contributed by atoms with E-state index in [-0.39, 0.29) is 11.9 Å². The van der Waals surface area contributed by atoms with Crippen LogP contribution in [0, 0.1) is 5.82 Å². The normalized spacial score (nSPS) is 16.9. The molecule has 8 heteroatoms. The largest absolute Gasteiger partial charge is 0.357 e. The molecule has 0 radical (unpaired) electrons. The number of aryl methyl sites for hydroxylation is 1. The molecule has 1 atom stereocenters. The molecule has 0 bridgehead atoms. The predicted molar refractivity (Wildman–Crippen MR) is 122 cm³/mol. The van der Waals surface area contributed by atoms with Crippen molar-refractivity contribution in [1.82, 2.24) is 20.6 Å². The summed E-state index contributed by atoms with van der Waals surface area (Å²) >= 11 is 1.76. The van der Waals surface area contributed by atoms with E-state index in [4.69, 9.17) is 4.99 Å². The number of guanidine groups is 1. The Morgan fingerprint density at radius 3 is 3.03 bits per heavy atom. The number of nitrogens with one attached hydrogen (secondary N) is 2. The lowest BCUT2D eigenvalue weighted by atomic mass is 10.3. The summed E-state index contributed by atoms with van der Waals surface area (Å²) in [6.45, 7) is 5.08. The zero-order chi connectivity index (χ0) is 20.8. The van der Waals surface area contributed by atoms with Crippen LogP contribution in [0.1, 0.15) is 24.8 Å². The number of nitrogens with zero attached hydrogens (tertiary/aromatic N) is 4. The maximum atomic E-state index is 14.0. The smallest absolute Gasteiger partial charge is 0.191 e. The number of halogens is 1. The van der Waals surface area contributed by atoms with Gasteiger partial charge in [-0.3, -0.25) is 4.99 Å². The minimum absolute atomic E-state index is 0.216. The van der Waals surface area contributed by atoms with E-state index in [1.165, 1.54) is 10.8 Å². The Bertz CT molecular complexity index is 971. The molecule has 0 amide bonds. The molecule has 2 aromatic heterocycles. The molecule has 0 aliphatic carbocycles. The van der Waals surface area contributed by atoms with Crippen LogP contribution in [-0.2, 0) is 6.42 Å². The Morgan fingerprint density at radius 2 is 2.20 bits per heavy atom. The van der Waals surface area contributed by atoms with Crippen LogP contribution in [0.3, 0.4) is 0 Å². The third-order valence-corrected chi connectivity index (χ3v) is 6.16. The van der Waals surface area contributed by atoms with Gasteiger partial charge in [-0.05, 0) is 44.0 Å². The van der Waals surface area contributed by atoms with Crippen molar-refractivity contribution in [2.24, 2.45) is 4.99 Å². The summed E-state index contributed by atoms with van der Waals surface area (Å²) in [6, 6.07) is 11.5. The van der Waals surface area contributed by atoms with Gasteiger partial charge in [0, 0.05) is 44.8 Å². The highest BCUT2D eigenvalue weighted by molar-refractivity contribution is 7.18. The van der Waals surface area contributed by atoms with Crippen molar-refractivity contribution in [2.75, 3.05) is 31.1 Å². The Hall–Kier alpha value is -2.74. The van der Waals surface area contributed by atoms with E-state index in [9.17, 15) is 4.39 Å². The number of pyridine rings is 1. The standard InChI is InChI=1S/C22H27FN6S/c1-2-24-22(26-13-6-10-20-28-18-8-3-4-9-19(18)30-20)27-16-11-14-29(15-16)21-17(23)7-5-12-25-21/h3-5,7-9,12,16H,2,6,10-11,13-15H2,1H3,(H2,24,26,27). The van der Waals surface area contributed by atoms with Crippen molar-refractivity contribution in [1.29, 1.82) is 0 Å². The second kappa shape index (κ2) is 9.84. The summed E-state index contributed by atoms with van der Waals surface area (Å²) < 4.78 is 15.2. The maximum absolute atomic E-state index is 14.0. The number of hydrogen-bond acceptors (Lipinski definition) is 5. The zero-order valence-electron chi connectivity index (χ0n) is 17.1. The molecule has 4 rings (SSSR count). The number of benzene rings is 1. The lowest BCUT2D eigenvalue weighted by molar-refractivity contribution is 0.612. The van der Waals surface area contributed by atoms with E-state index < -0.39 is 0 Å². The number of fused-ring (bicyclic) bond motifs is 1. The van der Waals surface area contributed by atoms with Gasteiger partial charge in [0.2, 0.25) is 0 Å². The van der Waals surface area contributed by atoms with E-state index in [0.717, 1.165) is 55.4 Å². The van der Waals surface area contributed by atoms with Gasteiger partial charge in [0.25, 0.3) is 0 Å². The second-order valence-electron chi connectivity index (χ2n) is 7.32. The molecule has 1 aromatic carbocycles. The fraction of sp³-hybridized carbons (Fsp3) is 0.409. The van der Waals surface area contributed by atoms with Crippen molar-refractivity contribution in [3.8, 4) is 0 Å². The molecular formula is C22H27FN6S. The first-order valence-electron chi connectivity index (χ1n) is 10.5. The van der Waals surface area contributed by atoms with Gasteiger partial charge in [0.05, 0.1) is 15.2 Å². The van der Waals surface area contributed by atoms with Crippen LogP contribution in [0.5, 0.6) is 0 Å². The van der Waals surface area contributed by atoms with Crippen LogP contribution < -0.4 is 15.5 Å². The lowest BCUT2D eigenvalue weighted by Gasteiger charge is -2.19. The molecule has 2 N–H and O–H groups in total. The minimum atomic E-state index is -0.270. The van der Waals surface area contributed by atoms with Crippen molar-refractivity contribution in [2.45, 2.75) is 32.2 Å². The molecule has 0 spiro atoms. The number of thiazole rings is 1. The molecule has 30 heavy (non-hydrogen) atoms. The van der Waals surface area contributed by atoms with Gasteiger partial charge in [-0.2, -0.15) is 0 Å². The summed E-state index contributed by atoms with van der Waals surface area (Å²) in [5.41, 5.74) is 1.08. The Morgan fingerprint density at radius 1 is 1.30 bits per heavy atom. The molecular weight excluding hydrogens is 399 g/mol. The monoisotopic (exact) mass is 426 g/mol. The summed E-state index contributed by atoms with van der Waals surface area (Å²) in [5.74, 6) is 0.975. The van der Waals surface area contributed by atoms with Gasteiger partial charge in [-0.25, -0.2) is 14.4 Å². The van der Waals surface area contributed by atoms with Crippen LogP contribution in [0.4, 0.5) is 10.2 Å². The highest BCUT2D eigenvalue weighted by Gasteiger charge is 2.25. The number of aliphatic imine (C=N–C) groups is 1. The first-order valence-corrected chi connectivity index (χ1v) is 11.3. The first-order chi connectivity index (χ1) is 14.7. The third kappa shape index (κ3) is 5.05. The molecule has 0 saturated carbocycles. The molecule has 1 aliphatic rings. The summed E-state index contributed by atoms with van der Waals surface area (Å²) in [4.78, 5) is 15.6. The Balaban J connectivity index is 1.29. The van der Waals surface area contributed by atoms with Crippen LogP contribution >= 0.6 is 11.3 Å². The number of aromatic nitrogens is 2. The van der Waals surface area contributed by atoms with Gasteiger partial charge < -0.3 is 15.5 Å². The quantitative estimate of drug-likeness (QED) is 0.343. The molecule has 1 fully saturated rings. The Kier molecular flexibility index (Phi) is 6.74. The molecule has 6 nitrogen and oxygen atoms in total.